The van der Waals surface area contributed by atoms with Gasteiger partial charge >= 0.3 is 0 Å². The third-order valence-corrected chi connectivity index (χ3v) is 5.70. The van der Waals surface area contributed by atoms with Crippen molar-refractivity contribution in [1.82, 2.24) is 29.5 Å². The number of para-hydroxylation sites is 1. The fraction of sp³-hybridized carbons (Fsp3) is 0.115. The lowest BCUT2D eigenvalue weighted by Crippen LogP contribution is -2.33. The minimum absolute atomic E-state index is 0.0660. The third-order valence-electron chi connectivity index (χ3n) is 5.70. The molecule has 0 fully saturated rings. The summed E-state index contributed by atoms with van der Waals surface area (Å²) in [6, 6.07) is 15.8. The Morgan fingerprint density at radius 1 is 1.11 bits per heavy atom. The number of carbonyl (C=O) groups excluding carboxylic acids is 1. The van der Waals surface area contributed by atoms with Crippen LogP contribution in [0.1, 0.15) is 41.6 Å². The maximum absolute atomic E-state index is 13.8. The number of amides is 1. The van der Waals surface area contributed by atoms with Gasteiger partial charge in [-0.2, -0.15) is 0 Å². The van der Waals surface area contributed by atoms with Crippen LogP contribution in [0.2, 0.25) is 0 Å². The van der Waals surface area contributed by atoms with Crippen molar-refractivity contribution in [3.8, 4) is 5.69 Å². The first kappa shape index (κ1) is 22.0. The Morgan fingerprint density at radius 2 is 1.91 bits per heavy atom. The molecule has 9 nitrogen and oxygen atoms in total. The van der Waals surface area contributed by atoms with Crippen LogP contribution in [-0.2, 0) is 0 Å². The highest BCUT2D eigenvalue weighted by Gasteiger charge is 2.24. The number of hydrogen-bond donors (Lipinski definition) is 2. The van der Waals surface area contributed by atoms with Crippen molar-refractivity contribution in [1.29, 1.82) is 0 Å². The van der Waals surface area contributed by atoms with Gasteiger partial charge in [0.25, 0.3) is 11.5 Å². The second kappa shape index (κ2) is 8.86. The van der Waals surface area contributed by atoms with Crippen molar-refractivity contribution in [3.05, 3.63) is 100 Å². The normalized spacial score (nSPS) is 12.4. The fourth-order valence-corrected chi connectivity index (χ4v) is 4.16. The Balaban J connectivity index is 1.66. The molecule has 5 aromatic rings. The van der Waals surface area contributed by atoms with Gasteiger partial charge in [-0.1, -0.05) is 42.5 Å². The molecule has 9 heteroatoms. The van der Waals surface area contributed by atoms with Crippen LogP contribution >= 0.6 is 0 Å². The van der Waals surface area contributed by atoms with Crippen LogP contribution in [0.5, 0.6) is 0 Å². The predicted octanol–water partition coefficient (Wildman–Crippen LogP) is 3.53. The third kappa shape index (κ3) is 3.82. The standard InChI is InChI=1S/C26H23N7O2/c1-3-9-17-10-7-13-19-20(17)26(35)33(18-11-5-4-6-12-18)23(30-19)16(2)29-25(34)21-22(27)31-32-15-8-14-28-24(21)32/h3-16H,1-2H3,(H2,27,31)(H,29,34). The van der Waals surface area contributed by atoms with Gasteiger partial charge in [0.2, 0.25) is 0 Å². The number of nitrogens with zero attached hydrogens (tertiary/aromatic N) is 5. The summed E-state index contributed by atoms with van der Waals surface area (Å²) in [7, 11) is 0. The van der Waals surface area contributed by atoms with E-state index in [1.165, 1.54) is 9.08 Å². The molecule has 5 rings (SSSR count). The van der Waals surface area contributed by atoms with Gasteiger partial charge in [-0.15, -0.1) is 5.10 Å². The molecule has 0 saturated heterocycles. The van der Waals surface area contributed by atoms with Gasteiger partial charge < -0.3 is 11.1 Å². The Bertz CT molecular complexity index is 1650. The molecule has 3 N–H and O–H groups in total. The summed E-state index contributed by atoms with van der Waals surface area (Å²) in [5, 5.41) is 7.59. The molecule has 2 aromatic carbocycles. The number of aromatic nitrogens is 5. The first-order chi connectivity index (χ1) is 17.0. The lowest BCUT2D eigenvalue weighted by molar-refractivity contribution is 0.0940. The van der Waals surface area contributed by atoms with Crippen LogP contribution in [0.3, 0.4) is 0 Å². The summed E-state index contributed by atoms with van der Waals surface area (Å²) in [6.07, 6.45) is 7.00. The van der Waals surface area contributed by atoms with Crippen LogP contribution < -0.4 is 16.6 Å². The van der Waals surface area contributed by atoms with Crippen LogP contribution in [0.15, 0.2) is 77.9 Å². The Kier molecular flexibility index (Phi) is 5.58. The summed E-state index contributed by atoms with van der Waals surface area (Å²) < 4.78 is 2.99. The largest absolute Gasteiger partial charge is 0.381 e. The quantitative estimate of drug-likeness (QED) is 0.410. The van der Waals surface area contributed by atoms with Gasteiger partial charge in [0, 0.05) is 12.4 Å². The second-order valence-electron chi connectivity index (χ2n) is 8.03. The van der Waals surface area contributed by atoms with E-state index in [-0.39, 0.29) is 16.9 Å². The summed E-state index contributed by atoms with van der Waals surface area (Å²) in [4.78, 5) is 36.1. The molecule has 0 aliphatic rings. The summed E-state index contributed by atoms with van der Waals surface area (Å²) >= 11 is 0. The second-order valence-corrected chi connectivity index (χ2v) is 8.03. The number of nitrogens with one attached hydrogen (secondary N) is 1. The number of allylic oxidation sites excluding steroid dienone is 1. The van der Waals surface area contributed by atoms with E-state index in [0.29, 0.717) is 28.1 Å². The minimum atomic E-state index is -0.636. The molecule has 3 heterocycles. The van der Waals surface area contributed by atoms with E-state index in [4.69, 9.17) is 10.7 Å². The topological polar surface area (TPSA) is 120 Å². The van der Waals surface area contributed by atoms with E-state index in [0.717, 1.165) is 5.56 Å². The Morgan fingerprint density at radius 3 is 2.69 bits per heavy atom. The highest BCUT2D eigenvalue weighted by molar-refractivity contribution is 6.04. The van der Waals surface area contributed by atoms with Crippen molar-refractivity contribution < 1.29 is 4.79 Å². The highest BCUT2D eigenvalue weighted by Crippen LogP contribution is 2.22. The predicted molar refractivity (Wildman–Crippen MR) is 135 cm³/mol. The molecule has 1 amide bonds. The zero-order valence-electron chi connectivity index (χ0n) is 19.2. The number of rotatable bonds is 5. The van der Waals surface area contributed by atoms with Crippen molar-refractivity contribution in [3.63, 3.8) is 0 Å². The molecule has 0 aliphatic carbocycles. The summed E-state index contributed by atoms with van der Waals surface area (Å²) in [6.45, 7) is 3.67. The number of fused-ring (bicyclic) bond motifs is 2. The maximum atomic E-state index is 13.8. The number of nitrogen functional groups attached to an aromatic ring is 1. The number of benzene rings is 2. The number of anilines is 1. The molecule has 0 aliphatic heterocycles. The SMILES string of the molecule is CC=Cc1cccc2nc(C(C)NC(=O)c3c(N)nn4cccnc34)n(-c3ccccc3)c(=O)c12. The molecule has 35 heavy (non-hydrogen) atoms. The zero-order chi connectivity index (χ0) is 24.5. The van der Waals surface area contributed by atoms with Crippen molar-refractivity contribution in [2.45, 2.75) is 19.9 Å². The molecule has 0 radical (unpaired) electrons. The molecule has 0 bridgehead atoms. The van der Waals surface area contributed by atoms with Gasteiger partial charge in [0.15, 0.2) is 11.5 Å². The number of nitrogens with two attached hydrogens (primary N) is 1. The molecular weight excluding hydrogens is 442 g/mol. The lowest BCUT2D eigenvalue weighted by atomic mass is 10.1. The first-order valence-corrected chi connectivity index (χ1v) is 11.1. The molecule has 1 unspecified atom stereocenters. The van der Waals surface area contributed by atoms with Gasteiger partial charge in [0.05, 0.1) is 22.6 Å². The van der Waals surface area contributed by atoms with Crippen LogP contribution in [0.25, 0.3) is 28.3 Å². The lowest BCUT2D eigenvalue weighted by Gasteiger charge is -2.20. The monoisotopic (exact) mass is 465 g/mol. The Labute approximate surface area is 200 Å². The van der Waals surface area contributed by atoms with E-state index in [9.17, 15) is 9.59 Å². The van der Waals surface area contributed by atoms with E-state index >= 15 is 0 Å². The molecular formula is C26H23N7O2. The summed E-state index contributed by atoms with van der Waals surface area (Å²) in [5.74, 6) is -0.000628. The smallest absolute Gasteiger partial charge is 0.266 e. The zero-order valence-corrected chi connectivity index (χ0v) is 19.2. The van der Waals surface area contributed by atoms with Crippen molar-refractivity contribution in [2.24, 2.45) is 0 Å². The van der Waals surface area contributed by atoms with E-state index in [1.807, 2.05) is 61.5 Å². The van der Waals surface area contributed by atoms with E-state index in [2.05, 4.69) is 15.4 Å². The molecule has 0 spiro atoms. The van der Waals surface area contributed by atoms with Crippen molar-refractivity contribution >= 4 is 34.4 Å². The molecule has 174 valence electrons. The van der Waals surface area contributed by atoms with E-state index < -0.39 is 11.9 Å². The number of carbonyl (C=O) groups is 1. The van der Waals surface area contributed by atoms with Gasteiger partial charge in [-0.3, -0.25) is 14.2 Å². The average molecular weight is 466 g/mol. The summed E-state index contributed by atoms with van der Waals surface area (Å²) in [5.41, 5.74) is 8.29. The first-order valence-electron chi connectivity index (χ1n) is 11.1. The Hall–Kier alpha value is -4.79. The van der Waals surface area contributed by atoms with Crippen molar-refractivity contribution in [2.75, 3.05) is 5.73 Å². The molecule has 1 atom stereocenters. The molecule has 0 saturated carbocycles. The average Bonchev–Trinajstić information content (AvgIpc) is 3.20. The minimum Gasteiger partial charge on any atom is -0.381 e. The van der Waals surface area contributed by atoms with Gasteiger partial charge in [-0.05, 0) is 43.7 Å². The van der Waals surface area contributed by atoms with Crippen LogP contribution in [0.4, 0.5) is 5.82 Å². The van der Waals surface area contributed by atoms with Crippen LogP contribution in [-0.4, -0.2) is 30.1 Å². The highest BCUT2D eigenvalue weighted by atomic mass is 16.2. The number of hydrogen-bond acceptors (Lipinski definition) is 6. The van der Waals surface area contributed by atoms with Gasteiger partial charge in [0.1, 0.15) is 11.4 Å². The van der Waals surface area contributed by atoms with E-state index in [1.54, 1.807) is 31.5 Å². The fourth-order valence-electron chi connectivity index (χ4n) is 4.16. The molecule has 3 aromatic heterocycles. The maximum Gasteiger partial charge on any atom is 0.266 e. The van der Waals surface area contributed by atoms with Gasteiger partial charge in [-0.25, -0.2) is 14.5 Å². The van der Waals surface area contributed by atoms with Crippen LogP contribution in [0, 0.1) is 0 Å².